The summed E-state index contributed by atoms with van der Waals surface area (Å²) in [6.45, 7) is 5.87. The Balaban J connectivity index is 1.23. The van der Waals surface area contributed by atoms with Crippen LogP contribution in [0.1, 0.15) is 12.5 Å². The molecule has 0 spiro atoms. The van der Waals surface area contributed by atoms with Crippen molar-refractivity contribution in [2.45, 2.75) is 13.5 Å². The number of urea groups is 1. The maximum Gasteiger partial charge on any atom is 0.513 e. The van der Waals surface area contributed by atoms with Gasteiger partial charge in [-0.25, -0.2) is 9.59 Å². The number of fused-ring (bicyclic) bond motifs is 1. The Kier molecular flexibility index (Phi) is 6.42. The molecule has 0 atom stereocenters. The lowest BCUT2D eigenvalue weighted by molar-refractivity contribution is 0.104. The van der Waals surface area contributed by atoms with Gasteiger partial charge in [0.15, 0.2) is 11.5 Å². The van der Waals surface area contributed by atoms with Gasteiger partial charge in [0.2, 0.25) is 6.79 Å². The van der Waals surface area contributed by atoms with E-state index in [2.05, 4.69) is 10.2 Å². The zero-order chi connectivity index (χ0) is 21.6. The van der Waals surface area contributed by atoms with Gasteiger partial charge in [0.25, 0.3) is 0 Å². The number of anilines is 1. The van der Waals surface area contributed by atoms with E-state index >= 15 is 0 Å². The van der Waals surface area contributed by atoms with Crippen molar-refractivity contribution in [2.75, 3.05) is 44.9 Å². The molecule has 0 aromatic heterocycles. The number of carbonyl (C=O) groups excluding carboxylic acids is 2. The van der Waals surface area contributed by atoms with Crippen LogP contribution in [0.3, 0.4) is 0 Å². The van der Waals surface area contributed by atoms with Crippen LogP contribution < -0.4 is 19.5 Å². The maximum atomic E-state index is 12.6. The van der Waals surface area contributed by atoms with Crippen molar-refractivity contribution in [2.24, 2.45) is 0 Å². The summed E-state index contributed by atoms with van der Waals surface area (Å²) in [6, 6.07) is 12.4. The monoisotopic (exact) mass is 427 g/mol. The molecule has 2 amide bonds. The highest BCUT2D eigenvalue weighted by Crippen LogP contribution is 2.32. The number of ether oxygens (including phenoxy) is 4. The highest BCUT2D eigenvalue weighted by molar-refractivity contribution is 5.89. The lowest BCUT2D eigenvalue weighted by Gasteiger charge is -2.34. The quantitative estimate of drug-likeness (QED) is 0.578. The van der Waals surface area contributed by atoms with Gasteiger partial charge in [-0.05, 0) is 48.9 Å². The number of benzene rings is 2. The van der Waals surface area contributed by atoms with Gasteiger partial charge in [0, 0.05) is 38.4 Å². The number of nitrogens with one attached hydrogen (secondary N) is 1. The highest BCUT2D eigenvalue weighted by atomic mass is 16.7. The fraction of sp³-hybridized carbons (Fsp3) is 0.364. The normalized spacial score (nSPS) is 15.5. The third kappa shape index (κ3) is 5.37. The molecule has 0 bridgehead atoms. The molecule has 1 saturated heterocycles. The first kappa shape index (κ1) is 20.8. The van der Waals surface area contributed by atoms with Crippen molar-refractivity contribution >= 4 is 17.9 Å². The van der Waals surface area contributed by atoms with E-state index in [9.17, 15) is 9.59 Å². The van der Waals surface area contributed by atoms with E-state index in [0.29, 0.717) is 24.5 Å². The van der Waals surface area contributed by atoms with Gasteiger partial charge in [-0.3, -0.25) is 4.90 Å². The molecule has 1 fully saturated rings. The standard InChI is InChI=1S/C22H25N3O6/c1-2-28-22(27)31-18-6-4-17(5-7-18)23-21(26)25-11-9-24(10-12-25)14-16-3-8-19-20(13-16)30-15-29-19/h3-8,13H,2,9-12,14-15H2,1H3,(H,23,26). The summed E-state index contributed by atoms with van der Waals surface area (Å²) in [5, 5.41) is 2.88. The van der Waals surface area contributed by atoms with Crippen LogP contribution in [-0.4, -0.2) is 61.6 Å². The molecule has 31 heavy (non-hydrogen) atoms. The second kappa shape index (κ2) is 9.57. The average Bonchev–Trinajstić information content (AvgIpc) is 3.24. The molecule has 2 heterocycles. The SMILES string of the molecule is CCOC(=O)Oc1ccc(NC(=O)N2CCN(Cc3ccc4c(c3)OCO4)CC2)cc1. The van der Waals surface area contributed by atoms with Gasteiger partial charge in [-0.2, -0.15) is 0 Å². The van der Waals surface area contributed by atoms with Crippen molar-refractivity contribution in [3.05, 3.63) is 48.0 Å². The number of nitrogens with zero attached hydrogens (tertiary/aromatic N) is 2. The van der Waals surface area contributed by atoms with E-state index in [1.54, 1.807) is 36.1 Å². The second-order valence-electron chi connectivity index (χ2n) is 7.19. The fourth-order valence-electron chi connectivity index (χ4n) is 3.46. The maximum absolute atomic E-state index is 12.6. The largest absolute Gasteiger partial charge is 0.513 e. The number of hydrogen-bond donors (Lipinski definition) is 1. The number of rotatable bonds is 5. The van der Waals surface area contributed by atoms with E-state index in [-0.39, 0.29) is 19.4 Å². The summed E-state index contributed by atoms with van der Waals surface area (Å²) in [7, 11) is 0. The van der Waals surface area contributed by atoms with Crippen molar-refractivity contribution in [3.63, 3.8) is 0 Å². The van der Waals surface area contributed by atoms with E-state index in [0.717, 1.165) is 36.7 Å². The minimum atomic E-state index is -0.752. The van der Waals surface area contributed by atoms with Crippen LogP contribution in [0, 0.1) is 0 Å². The first-order chi connectivity index (χ1) is 15.1. The molecule has 2 aliphatic rings. The second-order valence-corrected chi connectivity index (χ2v) is 7.19. The molecule has 2 aromatic rings. The summed E-state index contributed by atoms with van der Waals surface area (Å²) < 4.78 is 20.5. The highest BCUT2D eigenvalue weighted by Gasteiger charge is 2.22. The molecule has 0 aliphatic carbocycles. The van der Waals surface area contributed by atoms with Crippen molar-refractivity contribution in [1.29, 1.82) is 0 Å². The predicted octanol–water partition coefficient (Wildman–Crippen LogP) is 3.30. The Bertz CT molecular complexity index is 925. The van der Waals surface area contributed by atoms with Crippen LogP contribution in [0.5, 0.6) is 17.2 Å². The Hall–Kier alpha value is -3.46. The minimum absolute atomic E-state index is 0.151. The Morgan fingerprint density at radius 2 is 1.74 bits per heavy atom. The number of carbonyl (C=O) groups is 2. The molecule has 0 unspecified atom stereocenters. The number of amides is 2. The van der Waals surface area contributed by atoms with Crippen LogP contribution in [0.15, 0.2) is 42.5 Å². The van der Waals surface area contributed by atoms with Gasteiger partial charge in [-0.15, -0.1) is 0 Å². The lowest BCUT2D eigenvalue weighted by Crippen LogP contribution is -2.49. The van der Waals surface area contributed by atoms with E-state index in [1.807, 2.05) is 18.2 Å². The van der Waals surface area contributed by atoms with Gasteiger partial charge >= 0.3 is 12.2 Å². The van der Waals surface area contributed by atoms with Crippen LogP contribution in [0.25, 0.3) is 0 Å². The van der Waals surface area contributed by atoms with E-state index in [1.165, 1.54) is 0 Å². The number of piperazine rings is 1. The van der Waals surface area contributed by atoms with Gasteiger partial charge in [-0.1, -0.05) is 6.07 Å². The molecular weight excluding hydrogens is 402 g/mol. The van der Waals surface area contributed by atoms with E-state index in [4.69, 9.17) is 18.9 Å². The summed E-state index contributed by atoms with van der Waals surface area (Å²) in [4.78, 5) is 28.0. The first-order valence-corrected chi connectivity index (χ1v) is 10.2. The first-order valence-electron chi connectivity index (χ1n) is 10.2. The topological polar surface area (TPSA) is 89.6 Å². The molecule has 9 nitrogen and oxygen atoms in total. The molecule has 2 aromatic carbocycles. The Morgan fingerprint density at radius 1 is 1.00 bits per heavy atom. The van der Waals surface area contributed by atoms with Gasteiger partial charge in [0.1, 0.15) is 5.75 Å². The zero-order valence-corrected chi connectivity index (χ0v) is 17.3. The predicted molar refractivity (Wildman–Crippen MR) is 113 cm³/mol. The average molecular weight is 427 g/mol. The summed E-state index contributed by atoms with van der Waals surface area (Å²) in [5.41, 5.74) is 1.79. The van der Waals surface area contributed by atoms with Crippen LogP contribution in [0.4, 0.5) is 15.3 Å². The van der Waals surface area contributed by atoms with Gasteiger partial charge in [0.05, 0.1) is 6.61 Å². The number of hydrogen-bond acceptors (Lipinski definition) is 7. The van der Waals surface area contributed by atoms with Crippen LogP contribution >= 0.6 is 0 Å². The molecule has 4 rings (SSSR count). The molecule has 0 saturated carbocycles. The van der Waals surface area contributed by atoms with Crippen molar-refractivity contribution in [3.8, 4) is 17.2 Å². The van der Waals surface area contributed by atoms with Crippen molar-refractivity contribution in [1.82, 2.24) is 9.80 Å². The zero-order valence-electron chi connectivity index (χ0n) is 17.3. The summed E-state index contributed by atoms with van der Waals surface area (Å²) in [5.74, 6) is 1.92. The smallest absolute Gasteiger partial charge is 0.454 e. The Labute approximate surface area is 180 Å². The molecule has 2 aliphatic heterocycles. The summed E-state index contributed by atoms with van der Waals surface area (Å²) >= 11 is 0. The third-order valence-corrected chi connectivity index (χ3v) is 5.07. The minimum Gasteiger partial charge on any atom is -0.454 e. The third-order valence-electron chi connectivity index (χ3n) is 5.07. The fourth-order valence-corrected chi connectivity index (χ4v) is 3.46. The molecule has 9 heteroatoms. The molecule has 0 radical (unpaired) electrons. The Morgan fingerprint density at radius 3 is 2.48 bits per heavy atom. The van der Waals surface area contributed by atoms with Crippen LogP contribution in [0.2, 0.25) is 0 Å². The molecule has 164 valence electrons. The summed E-state index contributed by atoms with van der Waals surface area (Å²) in [6.07, 6.45) is -0.752. The van der Waals surface area contributed by atoms with Crippen LogP contribution in [-0.2, 0) is 11.3 Å². The molecular formula is C22H25N3O6. The van der Waals surface area contributed by atoms with Crippen molar-refractivity contribution < 1.29 is 28.5 Å². The molecule has 1 N–H and O–H groups in total. The van der Waals surface area contributed by atoms with E-state index < -0.39 is 6.16 Å². The van der Waals surface area contributed by atoms with Gasteiger partial charge < -0.3 is 29.2 Å². The lowest BCUT2D eigenvalue weighted by atomic mass is 10.1.